The molecule has 3 heterocycles. The summed E-state index contributed by atoms with van der Waals surface area (Å²) in [4.78, 5) is 23.4. The molecule has 2 aromatic heterocycles. The molecule has 1 aliphatic rings. The zero-order chi connectivity index (χ0) is 18.6. The van der Waals surface area contributed by atoms with E-state index < -0.39 is 0 Å². The minimum atomic E-state index is -0.120. The summed E-state index contributed by atoms with van der Waals surface area (Å²) in [5.74, 6) is 1.50. The first-order chi connectivity index (χ1) is 13.2. The Morgan fingerprint density at radius 2 is 1.93 bits per heavy atom. The third kappa shape index (κ3) is 3.74. The molecule has 6 heteroatoms. The van der Waals surface area contributed by atoms with Crippen molar-refractivity contribution >= 4 is 5.91 Å². The van der Waals surface area contributed by atoms with Gasteiger partial charge in [-0.2, -0.15) is 4.98 Å². The Balaban J connectivity index is 1.38. The van der Waals surface area contributed by atoms with Crippen molar-refractivity contribution in [1.29, 1.82) is 0 Å². The molecule has 1 amide bonds. The second-order valence-electron chi connectivity index (χ2n) is 6.93. The maximum absolute atomic E-state index is 12.8. The quantitative estimate of drug-likeness (QED) is 0.708. The highest BCUT2D eigenvalue weighted by Gasteiger charge is 2.29. The minimum absolute atomic E-state index is 0.120. The third-order valence-corrected chi connectivity index (χ3v) is 5.19. The van der Waals surface area contributed by atoms with Crippen molar-refractivity contribution in [2.75, 3.05) is 13.1 Å². The molecule has 3 aromatic rings. The van der Waals surface area contributed by atoms with Gasteiger partial charge in [-0.1, -0.05) is 35.5 Å². The number of hydrogen-bond acceptors (Lipinski definition) is 5. The molecule has 0 saturated carbocycles. The van der Waals surface area contributed by atoms with Crippen molar-refractivity contribution in [1.82, 2.24) is 20.0 Å². The molecular formula is C21H22N4O2. The maximum atomic E-state index is 12.8. The Kier molecular flexibility index (Phi) is 4.96. The molecule has 1 aromatic carbocycles. The summed E-state index contributed by atoms with van der Waals surface area (Å²) in [5, 5.41) is 4.15. The third-order valence-electron chi connectivity index (χ3n) is 5.19. The van der Waals surface area contributed by atoms with E-state index in [1.54, 1.807) is 12.4 Å². The highest BCUT2D eigenvalue weighted by atomic mass is 16.5. The predicted molar refractivity (Wildman–Crippen MR) is 101 cm³/mol. The average Bonchev–Trinajstić information content (AvgIpc) is 3.24. The standard InChI is InChI=1S/C21H22N4O2/c1-15(16-6-3-2-4-7-16)21(26)25-12-9-17(10-13-25)19-23-20(27-24-19)18-8-5-11-22-14-18/h2-8,11,14-15,17H,9-10,12-13H2,1H3. The molecule has 6 nitrogen and oxygen atoms in total. The maximum Gasteiger partial charge on any atom is 0.259 e. The first-order valence-corrected chi connectivity index (χ1v) is 9.30. The van der Waals surface area contributed by atoms with E-state index in [0.29, 0.717) is 5.89 Å². The number of rotatable bonds is 4. The molecule has 1 aliphatic heterocycles. The van der Waals surface area contributed by atoms with Crippen LogP contribution in [0.1, 0.15) is 43.0 Å². The van der Waals surface area contributed by atoms with Crippen LogP contribution in [0, 0.1) is 0 Å². The van der Waals surface area contributed by atoms with Crippen molar-refractivity contribution in [3.8, 4) is 11.5 Å². The fraction of sp³-hybridized carbons (Fsp3) is 0.333. The normalized spacial score (nSPS) is 16.3. The fourth-order valence-corrected chi connectivity index (χ4v) is 3.52. The molecule has 0 bridgehead atoms. The first-order valence-electron chi connectivity index (χ1n) is 9.30. The second-order valence-corrected chi connectivity index (χ2v) is 6.93. The largest absolute Gasteiger partial charge is 0.342 e. The molecule has 1 saturated heterocycles. The Morgan fingerprint density at radius 1 is 1.15 bits per heavy atom. The number of aromatic nitrogens is 3. The fourth-order valence-electron chi connectivity index (χ4n) is 3.52. The van der Waals surface area contributed by atoms with Crippen molar-refractivity contribution < 1.29 is 9.32 Å². The van der Waals surface area contributed by atoms with Gasteiger partial charge in [-0.15, -0.1) is 0 Å². The topological polar surface area (TPSA) is 72.1 Å². The van der Waals surface area contributed by atoms with Crippen LogP contribution in [0.15, 0.2) is 59.4 Å². The summed E-state index contributed by atoms with van der Waals surface area (Å²) in [7, 11) is 0. The Hall–Kier alpha value is -3.02. The van der Waals surface area contributed by atoms with Crippen LogP contribution < -0.4 is 0 Å². The number of pyridine rings is 1. The van der Waals surface area contributed by atoms with E-state index in [2.05, 4.69) is 15.1 Å². The zero-order valence-corrected chi connectivity index (χ0v) is 15.3. The Bertz CT molecular complexity index is 887. The molecule has 0 radical (unpaired) electrons. The molecular weight excluding hydrogens is 340 g/mol. The smallest absolute Gasteiger partial charge is 0.259 e. The summed E-state index contributed by atoms with van der Waals surface area (Å²) in [6.07, 6.45) is 5.12. The molecule has 27 heavy (non-hydrogen) atoms. The van der Waals surface area contributed by atoms with Crippen molar-refractivity contribution in [2.24, 2.45) is 0 Å². The average molecular weight is 362 g/mol. The lowest BCUT2D eigenvalue weighted by molar-refractivity contribution is -0.133. The summed E-state index contributed by atoms with van der Waals surface area (Å²) >= 11 is 0. The van der Waals surface area contributed by atoms with Crippen molar-refractivity contribution in [3.05, 3.63) is 66.2 Å². The molecule has 1 fully saturated rings. The van der Waals surface area contributed by atoms with Gasteiger partial charge in [0.2, 0.25) is 5.91 Å². The van der Waals surface area contributed by atoms with Gasteiger partial charge >= 0.3 is 0 Å². The Morgan fingerprint density at radius 3 is 2.63 bits per heavy atom. The van der Waals surface area contributed by atoms with Crippen molar-refractivity contribution in [3.63, 3.8) is 0 Å². The van der Waals surface area contributed by atoms with Crippen LogP contribution in [0.2, 0.25) is 0 Å². The molecule has 0 N–H and O–H groups in total. The van der Waals surface area contributed by atoms with E-state index in [9.17, 15) is 4.79 Å². The SMILES string of the molecule is CC(C(=O)N1CCC(c2noc(-c3cccnc3)n2)CC1)c1ccccc1. The molecule has 1 atom stereocenters. The number of nitrogens with zero attached hydrogens (tertiary/aromatic N) is 4. The van der Waals surface area contributed by atoms with Gasteiger partial charge in [0.25, 0.3) is 5.89 Å². The number of amides is 1. The van der Waals surface area contributed by atoms with Gasteiger partial charge in [-0.05, 0) is 37.5 Å². The van der Waals surface area contributed by atoms with Gasteiger partial charge < -0.3 is 9.42 Å². The first kappa shape index (κ1) is 17.4. The number of benzene rings is 1. The van der Waals surface area contributed by atoms with Gasteiger partial charge in [0, 0.05) is 31.4 Å². The summed E-state index contributed by atoms with van der Waals surface area (Å²) in [6, 6.07) is 13.7. The van der Waals surface area contributed by atoms with Crippen LogP contribution in [0.5, 0.6) is 0 Å². The van der Waals surface area contributed by atoms with Crippen LogP contribution in [-0.2, 0) is 4.79 Å². The lowest BCUT2D eigenvalue weighted by Crippen LogP contribution is -2.40. The van der Waals surface area contributed by atoms with E-state index in [1.165, 1.54) is 0 Å². The molecule has 0 aliphatic carbocycles. The Labute approximate surface area is 158 Å². The van der Waals surface area contributed by atoms with Crippen LogP contribution >= 0.6 is 0 Å². The van der Waals surface area contributed by atoms with Crippen LogP contribution in [0.25, 0.3) is 11.5 Å². The van der Waals surface area contributed by atoms with Gasteiger partial charge in [0.1, 0.15) is 0 Å². The lowest BCUT2D eigenvalue weighted by Gasteiger charge is -2.32. The van der Waals surface area contributed by atoms with Gasteiger partial charge in [0.15, 0.2) is 5.82 Å². The molecule has 0 spiro atoms. The van der Waals surface area contributed by atoms with E-state index >= 15 is 0 Å². The second kappa shape index (κ2) is 7.70. The van der Waals surface area contributed by atoms with E-state index in [4.69, 9.17) is 4.52 Å². The van der Waals surface area contributed by atoms with Gasteiger partial charge in [-0.25, -0.2) is 0 Å². The van der Waals surface area contributed by atoms with Crippen LogP contribution in [0.4, 0.5) is 0 Å². The molecule has 1 unspecified atom stereocenters. The number of carbonyl (C=O) groups is 1. The van der Waals surface area contributed by atoms with Crippen LogP contribution in [0.3, 0.4) is 0 Å². The zero-order valence-electron chi connectivity index (χ0n) is 15.3. The van der Waals surface area contributed by atoms with Gasteiger partial charge in [-0.3, -0.25) is 9.78 Å². The number of likely N-dealkylation sites (tertiary alicyclic amines) is 1. The number of hydrogen-bond donors (Lipinski definition) is 0. The lowest BCUT2D eigenvalue weighted by atomic mass is 9.93. The predicted octanol–water partition coefficient (Wildman–Crippen LogP) is 3.64. The number of piperidine rings is 1. The van der Waals surface area contributed by atoms with Crippen molar-refractivity contribution in [2.45, 2.75) is 31.6 Å². The number of carbonyl (C=O) groups excluding carboxylic acids is 1. The molecule has 4 rings (SSSR count). The monoisotopic (exact) mass is 362 g/mol. The van der Waals surface area contributed by atoms with E-state index in [-0.39, 0.29) is 17.7 Å². The van der Waals surface area contributed by atoms with Gasteiger partial charge in [0.05, 0.1) is 11.5 Å². The summed E-state index contributed by atoms with van der Waals surface area (Å²) in [5.41, 5.74) is 1.88. The highest BCUT2D eigenvalue weighted by Crippen LogP contribution is 2.29. The minimum Gasteiger partial charge on any atom is -0.342 e. The summed E-state index contributed by atoms with van der Waals surface area (Å²) < 4.78 is 5.39. The van der Waals surface area contributed by atoms with E-state index in [0.717, 1.165) is 42.9 Å². The van der Waals surface area contributed by atoms with E-state index in [1.807, 2.05) is 54.3 Å². The highest BCUT2D eigenvalue weighted by molar-refractivity contribution is 5.83. The summed E-state index contributed by atoms with van der Waals surface area (Å²) in [6.45, 7) is 3.41. The molecule has 138 valence electrons. The van der Waals surface area contributed by atoms with Crippen LogP contribution in [-0.4, -0.2) is 39.0 Å².